The van der Waals surface area contributed by atoms with Crippen molar-refractivity contribution in [2.45, 2.75) is 18.2 Å². The van der Waals surface area contributed by atoms with Crippen LogP contribution in [0.3, 0.4) is 0 Å². The zero-order valence-electron chi connectivity index (χ0n) is 16.9. The smallest absolute Gasteiger partial charge is 0.322 e. The molecule has 0 spiro atoms. The van der Waals surface area contributed by atoms with Gasteiger partial charge in [0.2, 0.25) is 5.89 Å². The Morgan fingerprint density at radius 2 is 1.74 bits per heavy atom. The topological polar surface area (TPSA) is 77.2 Å². The first-order valence-electron chi connectivity index (χ1n) is 9.88. The van der Waals surface area contributed by atoms with Crippen LogP contribution in [0, 0.1) is 0 Å². The molecule has 1 N–H and O–H groups in total. The number of nitrogens with one attached hydrogen (secondary N) is 1. The van der Waals surface area contributed by atoms with Gasteiger partial charge in [-0.1, -0.05) is 48.4 Å². The molecule has 0 atom stereocenters. The van der Waals surface area contributed by atoms with E-state index in [4.69, 9.17) is 9.15 Å². The molecule has 0 fully saturated rings. The number of hydrogen-bond acceptors (Lipinski definition) is 6. The van der Waals surface area contributed by atoms with Crippen LogP contribution in [-0.4, -0.2) is 21.9 Å². The van der Waals surface area contributed by atoms with Crippen LogP contribution in [0.15, 0.2) is 88.2 Å². The van der Waals surface area contributed by atoms with E-state index < -0.39 is 0 Å². The van der Waals surface area contributed by atoms with E-state index in [0.717, 1.165) is 11.3 Å². The summed E-state index contributed by atoms with van der Waals surface area (Å²) in [7, 11) is 0. The molecule has 0 aliphatic carbocycles. The van der Waals surface area contributed by atoms with Gasteiger partial charge in [-0.05, 0) is 53.8 Å². The van der Waals surface area contributed by atoms with Crippen LogP contribution < -0.4 is 10.1 Å². The molecular weight excluding hydrogens is 410 g/mol. The van der Waals surface area contributed by atoms with E-state index >= 15 is 0 Å². The molecule has 0 aliphatic heterocycles. The average Bonchev–Trinajstić information content (AvgIpc) is 3.23. The number of carbonyl (C=O) groups is 1. The zero-order valence-corrected chi connectivity index (χ0v) is 17.8. The minimum absolute atomic E-state index is 0.0625. The Morgan fingerprint density at radius 3 is 2.52 bits per heavy atom. The predicted octanol–water partition coefficient (Wildman–Crippen LogP) is 5.82. The SMILES string of the molecule is CCSc1ccc(Cc2nnc(NC(=O)c3cccc(Oc4ccccc4)c3)o2)cc1. The monoisotopic (exact) mass is 431 g/mol. The first-order chi connectivity index (χ1) is 15.2. The Labute approximate surface area is 184 Å². The number of anilines is 1. The van der Waals surface area contributed by atoms with Gasteiger partial charge in [-0.15, -0.1) is 16.9 Å². The lowest BCUT2D eigenvalue weighted by Crippen LogP contribution is -2.12. The molecule has 0 saturated carbocycles. The molecule has 0 aliphatic rings. The van der Waals surface area contributed by atoms with Crippen LogP contribution >= 0.6 is 11.8 Å². The van der Waals surface area contributed by atoms with Gasteiger partial charge in [0.05, 0.1) is 6.42 Å². The average molecular weight is 432 g/mol. The molecule has 3 aromatic carbocycles. The molecule has 1 heterocycles. The van der Waals surface area contributed by atoms with Gasteiger partial charge in [-0.25, -0.2) is 0 Å². The van der Waals surface area contributed by atoms with Crippen molar-refractivity contribution in [1.29, 1.82) is 0 Å². The lowest BCUT2D eigenvalue weighted by Gasteiger charge is -2.07. The third-order valence-corrected chi connectivity index (χ3v) is 5.25. The van der Waals surface area contributed by atoms with E-state index in [2.05, 4.69) is 34.6 Å². The summed E-state index contributed by atoms with van der Waals surface area (Å²) in [6.45, 7) is 2.12. The summed E-state index contributed by atoms with van der Waals surface area (Å²) < 4.78 is 11.4. The van der Waals surface area contributed by atoms with E-state index in [-0.39, 0.29) is 11.9 Å². The highest BCUT2D eigenvalue weighted by molar-refractivity contribution is 7.99. The summed E-state index contributed by atoms with van der Waals surface area (Å²) in [5, 5.41) is 10.6. The van der Waals surface area contributed by atoms with E-state index in [0.29, 0.717) is 29.4 Å². The fourth-order valence-corrected chi connectivity index (χ4v) is 3.58. The number of thioether (sulfide) groups is 1. The minimum atomic E-state index is -0.352. The van der Waals surface area contributed by atoms with Crippen molar-refractivity contribution in [1.82, 2.24) is 10.2 Å². The number of ether oxygens (including phenoxy) is 1. The summed E-state index contributed by atoms with van der Waals surface area (Å²) in [5.74, 6) is 2.38. The second kappa shape index (κ2) is 9.95. The van der Waals surface area contributed by atoms with Crippen LogP contribution in [0.1, 0.15) is 28.7 Å². The van der Waals surface area contributed by atoms with Crippen LogP contribution in [0.2, 0.25) is 0 Å². The molecular formula is C24H21N3O3S. The van der Waals surface area contributed by atoms with Crippen molar-refractivity contribution < 1.29 is 13.9 Å². The van der Waals surface area contributed by atoms with Gasteiger partial charge in [0.25, 0.3) is 5.91 Å². The minimum Gasteiger partial charge on any atom is -0.457 e. The largest absolute Gasteiger partial charge is 0.457 e. The fraction of sp³-hybridized carbons (Fsp3) is 0.125. The number of para-hydroxylation sites is 1. The van der Waals surface area contributed by atoms with Crippen molar-refractivity contribution >= 4 is 23.7 Å². The third-order valence-electron chi connectivity index (χ3n) is 4.35. The van der Waals surface area contributed by atoms with Gasteiger partial charge in [0, 0.05) is 10.5 Å². The van der Waals surface area contributed by atoms with Crippen LogP contribution in [0.25, 0.3) is 0 Å². The van der Waals surface area contributed by atoms with Crippen LogP contribution in [0.5, 0.6) is 11.5 Å². The van der Waals surface area contributed by atoms with Crippen LogP contribution in [0.4, 0.5) is 6.01 Å². The number of rotatable bonds is 8. The van der Waals surface area contributed by atoms with Crippen molar-refractivity contribution in [2.75, 3.05) is 11.1 Å². The molecule has 1 aromatic heterocycles. The Bertz CT molecular complexity index is 1140. The summed E-state index contributed by atoms with van der Waals surface area (Å²) in [5.41, 5.74) is 1.49. The maximum Gasteiger partial charge on any atom is 0.322 e. The molecule has 156 valence electrons. The highest BCUT2D eigenvalue weighted by Gasteiger charge is 2.13. The summed E-state index contributed by atoms with van der Waals surface area (Å²) >= 11 is 1.79. The Kier molecular flexibility index (Phi) is 6.64. The van der Waals surface area contributed by atoms with Gasteiger partial charge in [-0.2, -0.15) is 0 Å². The van der Waals surface area contributed by atoms with Crippen molar-refractivity contribution in [3.63, 3.8) is 0 Å². The Morgan fingerprint density at radius 1 is 0.968 bits per heavy atom. The lowest BCUT2D eigenvalue weighted by atomic mass is 10.1. The van der Waals surface area contributed by atoms with E-state index in [1.54, 1.807) is 36.0 Å². The second-order valence-corrected chi connectivity index (χ2v) is 7.99. The molecule has 6 nitrogen and oxygen atoms in total. The molecule has 7 heteroatoms. The van der Waals surface area contributed by atoms with Crippen LogP contribution in [-0.2, 0) is 6.42 Å². The predicted molar refractivity (Wildman–Crippen MR) is 121 cm³/mol. The van der Waals surface area contributed by atoms with Crippen molar-refractivity contribution in [3.05, 3.63) is 95.9 Å². The summed E-state index contributed by atoms with van der Waals surface area (Å²) in [6, 6.07) is 24.6. The highest BCUT2D eigenvalue weighted by Crippen LogP contribution is 2.23. The number of amides is 1. The first kappa shape index (κ1) is 20.7. The molecule has 0 saturated heterocycles. The van der Waals surface area contributed by atoms with Crippen molar-refractivity contribution in [3.8, 4) is 11.5 Å². The molecule has 1 amide bonds. The van der Waals surface area contributed by atoms with Gasteiger partial charge in [0.1, 0.15) is 11.5 Å². The second-order valence-electron chi connectivity index (χ2n) is 6.65. The zero-order chi connectivity index (χ0) is 21.5. The number of benzene rings is 3. The number of carbonyl (C=O) groups excluding carboxylic acids is 1. The lowest BCUT2D eigenvalue weighted by molar-refractivity contribution is 0.102. The van der Waals surface area contributed by atoms with Gasteiger partial charge in [-0.3, -0.25) is 10.1 Å². The van der Waals surface area contributed by atoms with Gasteiger partial charge >= 0.3 is 6.01 Å². The molecule has 0 unspecified atom stereocenters. The Hall–Kier alpha value is -3.58. The summed E-state index contributed by atoms with van der Waals surface area (Å²) in [4.78, 5) is 13.8. The maximum atomic E-state index is 12.6. The Balaban J connectivity index is 1.38. The third kappa shape index (κ3) is 5.73. The van der Waals surface area contributed by atoms with Gasteiger partial charge < -0.3 is 9.15 Å². The van der Waals surface area contributed by atoms with Crippen molar-refractivity contribution in [2.24, 2.45) is 0 Å². The molecule has 4 rings (SSSR count). The van der Waals surface area contributed by atoms with Gasteiger partial charge in [0.15, 0.2) is 0 Å². The highest BCUT2D eigenvalue weighted by atomic mass is 32.2. The summed E-state index contributed by atoms with van der Waals surface area (Å²) in [6.07, 6.45) is 0.500. The standard InChI is InChI=1S/C24H21N3O3S/c1-2-31-21-13-11-17(12-14-21)15-22-26-27-24(30-22)25-23(28)18-7-6-10-20(16-18)29-19-8-4-3-5-9-19/h3-14,16H,2,15H2,1H3,(H,25,27,28). The maximum absolute atomic E-state index is 12.6. The molecule has 31 heavy (non-hydrogen) atoms. The molecule has 0 bridgehead atoms. The van der Waals surface area contributed by atoms with E-state index in [1.807, 2.05) is 42.5 Å². The number of hydrogen-bond donors (Lipinski definition) is 1. The van der Waals surface area contributed by atoms with E-state index in [9.17, 15) is 4.79 Å². The number of aromatic nitrogens is 2. The number of nitrogens with zero attached hydrogens (tertiary/aromatic N) is 2. The first-order valence-corrected chi connectivity index (χ1v) is 10.9. The molecule has 4 aromatic rings. The normalized spacial score (nSPS) is 10.6. The van der Waals surface area contributed by atoms with E-state index in [1.165, 1.54) is 4.90 Å². The molecule has 0 radical (unpaired) electrons. The fourth-order valence-electron chi connectivity index (χ4n) is 2.92. The quantitative estimate of drug-likeness (QED) is 0.354.